The number of para-hydroxylation sites is 1. The molecule has 0 aliphatic carbocycles. The van der Waals surface area contributed by atoms with E-state index in [0.29, 0.717) is 25.0 Å². The molecule has 212 valence electrons. The van der Waals surface area contributed by atoms with Gasteiger partial charge in [-0.1, -0.05) is 18.2 Å². The molecule has 0 spiro atoms. The number of rotatable bonds is 5. The molecule has 0 aliphatic heterocycles. The van der Waals surface area contributed by atoms with Crippen LogP contribution in [0.25, 0.3) is 16.9 Å². The second kappa shape index (κ2) is 13.2. The number of imidazole rings is 1. The van der Waals surface area contributed by atoms with Crippen LogP contribution in [0, 0.1) is 0 Å². The van der Waals surface area contributed by atoms with Crippen LogP contribution in [0.4, 0.5) is 49.7 Å². The van der Waals surface area contributed by atoms with E-state index in [2.05, 4.69) is 20.0 Å². The van der Waals surface area contributed by atoms with Crippen molar-refractivity contribution in [2.75, 3.05) is 19.5 Å². The first-order valence-electron chi connectivity index (χ1n) is 10.6. The summed E-state index contributed by atoms with van der Waals surface area (Å²) in [7, 11) is 2.02. The summed E-state index contributed by atoms with van der Waals surface area (Å²) in [5.41, 5.74) is -2.73. The van der Waals surface area contributed by atoms with Crippen LogP contribution >= 0.6 is 0 Å². The highest BCUT2D eigenvalue weighted by Gasteiger charge is 2.37. The van der Waals surface area contributed by atoms with E-state index in [1.807, 2.05) is 0 Å². The van der Waals surface area contributed by atoms with Crippen molar-refractivity contribution in [1.29, 1.82) is 0 Å². The number of anilines is 1. The van der Waals surface area contributed by atoms with Gasteiger partial charge in [-0.2, -0.15) is 30.7 Å². The average Bonchev–Trinajstić information content (AvgIpc) is 3.38. The van der Waals surface area contributed by atoms with Gasteiger partial charge in [0.15, 0.2) is 11.5 Å². The number of benzene rings is 2. The summed E-state index contributed by atoms with van der Waals surface area (Å²) in [6.07, 6.45) is -11.2. The summed E-state index contributed by atoms with van der Waals surface area (Å²) < 4.78 is 129. The van der Waals surface area contributed by atoms with Gasteiger partial charge in [0.1, 0.15) is 5.75 Å². The summed E-state index contributed by atoms with van der Waals surface area (Å²) in [5.74, 6) is 0.332. The van der Waals surface area contributed by atoms with Gasteiger partial charge < -0.3 is 14.5 Å². The third-order valence-electron chi connectivity index (χ3n) is 4.68. The number of nitrogens with one attached hydrogen (secondary N) is 1. The van der Waals surface area contributed by atoms with E-state index < -0.39 is 36.3 Å². The van der Waals surface area contributed by atoms with E-state index in [9.17, 15) is 43.9 Å². The lowest BCUT2D eigenvalue weighted by Crippen LogP contribution is -2.19. The number of hydrogen-bond acceptors (Lipinski definition) is 4. The molecule has 0 bridgehead atoms. The number of aromatic nitrogens is 3. The van der Waals surface area contributed by atoms with Gasteiger partial charge in [0.2, 0.25) is 0 Å². The molecule has 4 rings (SSSR count). The summed E-state index contributed by atoms with van der Waals surface area (Å²) in [6.45, 7) is 0. The SMILES string of the molecule is CF.CNc1nc(-c2cc(C(F)(F)F)cc(C(F)(F)F)c2)cn2ccnc12.FC(F)C(F)Oc1ccccc1. The third kappa shape index (κ3) is 8.48. The zero-order chi connectivity index (χ0) is 29.4. The fourth-order valence-electron chi connectivity index (χ4n) is 3.02. The van der Waals surface area contributed by atoms with Crippen LogP contribution in [0.1, 0.15) is 11.1 Å². The van der Waals surface area contributed by atoms with Crippen LogP contribution in [0.5, 0.6) is 5.75 Å². The Kier molecular flexibility index (Phi) is 10.5. The Bertz CT molecular complexity index is 1290. The van der Waals surface area contributed by atoms with E-state index in [-0.39, 0.29) is 28.9 Å². The Morgan fingerprint density at radius 1 is 0.872 bits per heavy atom. The number of alkyl halides is 10. The van der Waals surface area contributed by atoms with Crippen LogP contribution in [0.2, 0.25) is 0 Å². The van der Waals surface area contributed by atoms with Crippen LogP contribution in [0.15, 0.2) is 67.1 Å². The van der Waals surface area contributed by atoms with Crippen LogP contribution in [-0.4, -0.2) is 41.4 Å². The van der Waals surface area contributed by atoms with E-state index in [1.165, 1.54) is 42.2 Å². The fraction of sp³-hybridized carbons (Fsp3) is 0.250. The van der Waals surface area contributed by atoms with Gasteiger partial charge in [-0.05, 0) is 30.3 Å². The second-order valence-corrected chi connectivity index (χ2v) is 7.29. The zero-order valence-corrected chi connectivity index (χ0v) is 20.0. The Morgan fingerprint density at radius 2 is 1.44 bits per heavy atom. The minimum atomic E-state index is -4.92. The monoisotopic (exact) mass is 570 g/mol. The molecule has 1 atom stereocenters. The lowest BCUT2D eigenvalue weighted by atomic mass is 10.0. The van der Waals surface area contributed by atoms with Crippen molar-refractivity contribution in [3.8, 4) is 17.0 Å². The molecule has 0 fully saturated rings. The highest BCUT2D eigenvalue weighted by atomic mass is 19.4. The number of fused-ring (bicyclic) bond motifs is 1. The molecule has 15 heteroatoms. The van der Waals surface area contributed by atoms with Gasteiger partial charge in [0.25, 0.3) is 6.36 Å². The molecule has 0 amide bonds. The second-order valence-electron chi connectivity index (χ2n) is 7.29. The smallest absolute Gasteiger partial charge is 0.416 e. The first kappa shape index (κ1) is 31.2. The highest BCUT2D eigenvalue weighted by molar-refractivity contribution is 5.70. The molecule has 1 unspecified atom stereocenters. The molecule has 4 aromatic rings. The van der Waals surface area contributed by atoms with Crippen molar-refractivity contribution in [2.24, 2.45) is 0 Å². The lowest BCUT2D eigenvalue weighted by Gasteiger charge is -2.14. The lowest BCUT2D eigenvalue weighted by molar-refractivity contribution is -0.143. The predicted octanol–water partition coefficient (Wildman–Crippen LogP) is 7.69. The van der Waals surface area contributed by atoms with Crippen molar-refractivity contribution in [3.63, 3.8) is 0 Å². The van der Waals surface area contributed by atoms with Gasteiger partial charge >= 0.3 is 18.8 Å². The van der Waals surface area contributed by atoms with Gasteiger partial charge in [-0.3, -0.25) is 4.39 Å². The number of ether oxygens (including phenoxy) is 1. The van der Waals surface area contributed by atoms with Crippen molar-refractivity contribution in [3.05, 3.63) is 78.2 Å². The quantitative estimate of drug-likeness (QED) is 0.250. The molecule has 1 N–H and O–H groups in total. The van der Waals surface area contributed by atoms with E-state index >= 15 is 0 Å². The van der Waals surface area contributed by atoms with E-state index in [4.69, 9.17) is 0 Å². The standard InChI is InChI=1S/C15H10F6N4.C8H7F3O.CH3F/c1-22-12-13-23-2-3-25(13)7-11(24-12)8-4-9(14(16,17)18)6-10(5-8)15(19,20)21;9-7(10)8(11)12-6-4-2-1-3-5-6;1-2/h2-7H,1H3,(H,22,24);1-5,7-8H;1H3. The minimum absolute atomic E-state index is 0.0496. The van der Waals surface area contributed by atoms with Gasteiger partial charge in [0.05, 0.1) is 24.0 Å². The molecule has 2 heterocycles. The van der Waals surface area contributed by atoms with E-state index in [0.717, 1.165) is 0 Å². The molecule has 0 aliphatic rings. The maximum atomic E-state index is 13.0. The normalized spacial score (nSPS) is 12.2. The van der Waals surface area contributed by atoms with Gasteiger partial charge in [-0.25, -0.2) is 18.7 Å². The zero-order valence-electron chi connectivity index (χ0n) is 20.0. The topological polar surface area (TPSA) is 51.5 Å². The largest absolute Gasteiger partial charge is 0.454 e. The summed E-state index contributed by atoms with van der Waals surface area (Å²) in [4.78, 5) is 8.09. The van der Waals surface area contributed by atoms with Crippen LogP contribution in [-0.2, 0) is 12.4 Å². The Morgan fingerprint density at radius 3 is 1.92 bits per heavy atom. The molecule has 2 aromatic heterocycles. The van der Waals surface area contributed by atoms with Gasteiger partial charge in [-0.15, -0.1) is 0 Å². The third-order valence-corrected chi connectivity index (χ3v) is 4.68. The first-order valence-corrected chi connectivity index (χ1v) is 10.6. The van der Waals surface area contributed by atoms with Crippen molar-refractivity contribution in [1.82, 2.24) is 14.4 Å². The fourth-order valence-corrected chi connectivity index (χ4v) is 3.02. The molecular formula is C24H20F10N4O. The molecule has 5 nitrogen and oxygen atoms in total. The Balaban J connectivity index is 0.000000320. The highest BCUT2D eigenvalue weighted by Crippen LogP contribution is 2.38. The van der Waals surface area contributed by atoms with Crippen molar-refractivity contribution in [2.45, 2.75) is 25.1 Å². The predicted molar refractivity (Wildman–Crippen MR) is 123 cm³/mol. The van der Waals surface area contributed by atoms with Crippen LogP contribution in [0.3, 0.4) is 0 Å². The number of halogens is 10. The van der Waals surface area contributed by atoms with Crippen molar-refractivity contribution >= 4 is 11.5 Å². The molecule has 2 aromatic carbocycles. The average molecular weight is 570 g/mol. The van der Waals surface area contributed by atoms with Crippen molar-refractivity contribution < 1.29 is 48.6 Å². The summed E-state index contributed by atoms with van der Waals surface area (Å²) in [5, 5.41) is 2.72. The number of nitrogens with zero attached hydrogens (tertiary/aromatic N) is 3. The summed E-state index contributed by atoms with van der Waals surface area (Å²) in [6, 6.07) is 9.02. The van der Waals surface area contributed by atoms with Crippen LogP contribution < -0.4 is 10.1 Å². The molecular weight excluding hydrogens is 550 g/mol. The maximum Gasteiger partial charge on any atom is 0.416 e. The van der Waals surface area contributed by atoms with Gasteiger partial charge in [0, 0.05) is 31.2 Å². The Labute approximate surface area is 215 Å². The first-order chi connectivity index (χ1) is 18.3. The molecule has 0 saturated carbocycles. The summed E-state index contributed by atoms with van der Waals surface area (Å²) >= 11 is 0. The van der Waals surface area contributed by atoms with E-state index in [1.54, 1.807) is 18.2 Å². The maximum absolute atomic E-state index is 13.0. The minimum Gasteiger partial charge on any atom is -0.454 e. The molecule has 39 heavy (non-hydrogen) atoms. The number of hydrogen-bond donors (Lipinski definition) is 1. The molecule has 0 saturated heterocycles. The molecule has 0 radical (unpaired) electrons. The Hall–Kier alpha value is -4.04.